The van der Waals surface area contributed by atoms with Crippen LogP contribution in [0.25, 0.3) is 0 Å². The second kappa shape index (κ2) is 5.55. The lowest BCUT2D eigenvalue weighted by Crippen LogP contribution is -2.43. The zero-order valence-corrected chi connectivity index (χ0v) is 11.9. The van der Waals surface area contributed by atoms with Crippen molar-refractivity contribution in [3.05, 3.63) is 11.9 Å². The first-order chi connectivity index (χ1) is 8.69. The van der Waals surface area contributed by atoms with Crippen LogP contribution in [-0.4, -0.2) is 29.6 Å². The van der Waals surface area contributed by atoms with Crippen LogP contribution in [-0.2, 0) is 6.42 Å². The largest absolute Gasteiger partial charge is 0.373 e. The molecule has 1 aromatic rings. The van der Waals surface area contributed by atoms with E-state index in [-0.39, 0.29) is 0 Å². The van der Waals surface area contributed by atoms with E-state index in [4.69, 9.17) is 0 Å². The van der Waals surface area contributed by atoms with Gasteiger partial charge in [0, 0.05) is 25.2 Å². The summed E-state index contributed by atoms with van der Waals surface area (Å²) in [7, 11) is 1.92. The smallest absolute Gasteiger partial charge is 0.137 e. The zero-order valence-electron chi connectivity index (χ0n) is 11.9. The summed E-state index contributed by atoms with van der Waals surface area (Å²) in [6.45, 7) is 7.92. The molecule has 1 aliphatic heterocycles. The standard InChI is InChI=1S/C14H24N4/c1-5-12-13(15-4)16-9-17-14(12)18-8-6-7-10(2)11(18)3/h9-11H,5-8H2,1-4H3,(H,15,16,17). The lowest BCUT2D eigenvalue weighted by molar-refractivity contribution is 0.361. The summed E-state index contributed by atoms with van der Waals surface area (Å²) in [6.07, 6.45) is 5.22. The fourth-order valence-corrected chi connectivity index (χ4v) is 2.83. The van der Waals surface area contributed by atoms with Gasteiger partial charge in [0.1, 0.15) is 18.0 Å². The number of anilines is 2. The molecule has 1 fully saturated rings. The summed E-state index contributed by atoms with van der Waals surface area (Å²) in [5, 5.41) is 3.17. The summed E-state index contributed by atoms with van der Waals surface area (Å²) in [6, 6.07) is 0.559. The molecule has 0 spiro atoms. The second-order valence-corrected chi connectivity index (χ2v) is 5.18. The normalized spacial score (nSPS) is 24.1. The van der Waals surface area contributed by atoms with Crippen LogP contribution < -0.4 is 10.2 Å². The molecule has 2 heterocycles. The van der Waals surface area contributed by atoms with Gasteiger partial charge in [-0.05, 0) is 32.1 Å². The number of rotatable bonds is 3. The number of hydrogen-bond donors (Lipinski definition) is 1. The molecule has 4 heteroatoms. The summed E-state index contributed by atoms with van der Waals surface area (Å²) in [5.74, 6) is 2.82. The molecular formula is C14H24N4. The fraction of sp³-hybridized carbons (Fsp3) is 0.714. The molecule has 0 bridgehead atoms. The zero-order chi connectivity index (χ0) is 13.1. The van der Waals surface area contributed by atoms with Gasteiger partial charge in [-0.1, -0.05) is 13.8 Å². The molecule has 0 aliphatic carbocycles. The Morgan fingerprint density at radius 1 is 1.39 bits per heavy atom. The molecule has 2 rings (SSSR count). The molecule has 1 saturated heterocycles. The molecule has 1 aromatic heterocycles. The molecule has 0 radical (unpaired) electrons. The molecule has 0 saturated carbocycles. The van der Waals surface area contributed by atoms with Crippen LogP contribution >= 0.6 is 0 Å². The van der Waals surface area contributed by atoms with Gasteiger partial charge in [-0.2, -0.15) is 0 Å². The van der Waals surface area contributed by atoms with Crippen molar-refractivity contribution in [2.45, 2.75) is 46.1 Å². The Kier molecular flexibility index (Phi) is 4.04. The Morgan fingerprint density at radius 3 is 2.83 bits per heavy atom. The van der Waals surface area contributed by atoms with Gasteiger partial charge in [-0.3, -0.25) is 0 Å². The molecule has 4 nitrogen and oxygen atoms in total. The van der Waals surface area contributed by atoms with Gasteiger partial charge >= 0.3 is 0 Å². The third-order valence-electron chi connectivity index (χ3n) is 4.16. The van der Waals surface area contributed by atoms with E-state index in [0.29, 0.717) is 6.04 Å². The minimum atomic E-state index is 0.559. The molecule has 18 heavy (non-hydrogen) atoms. The van der Waals surface area contributed by atoms with E-state index in [1.165, 1.54) is 18.4 Å². The van der Waals surface area contributed by atoms with Crippen molar-refractivity contribution in [1.82, 2.24) is 9.97 Å². The van der Waals surface area contributed by atoms with E-state index in [0.717, 1.165) is 30.5 Å². The van der Waals surface area contributed by atoms with Crippen LogP contribution in [0, 0.1) is 5.92 Å². The summed E-state index contributed by atoms with van der Waals surface area (Å²) in [5.41, 5.74) is 1.24. The maximum atomic E-state index is 4.54. The third-order valence-corrected chi connectivity index (χ3v) is 4.16. The predicted octanol–water partition coefficient (Wildman–Crippen LogP) is 2.71. The van der Waals surface area contributed by atoms with Crippen LogP contribution in [0.15, 0.2) is 6.33 Å². The second-order valence-electron chi connectivity index (χ2n) is 5.18. The van der Waals surface area contributed by atoms with Gasteiger partial charge in [0.25, 0.3) is 0 Å². The third kappa shape index (κ3) is 2.28. The quantitative estimate of drug-likeness (QED) is 0.893. The molecule has 1 N–H and O–H groups in total. The first-order valence-electron chi connectivity index (χ1n) is 6.97. The van der Waals surface area contributed by atoms with Gasteiger partial charge in [0.2, 0.25) is 0 Å². The van der Waals surface area contributed by atoms with Crippen LogP contribution in [0.3, 0.4) is 0 Å². The van der Waals surface area contributed by atoms with E-state index >= 15 is 0 Å². The molecule has 1 aliphatic rings. The van der Waals surface area contributed by atoms with E-state index in [2.05, 4.69) is 41.0 Å². The maximum absolute atomic E-state index is 4.54. The van der Waals surface area contributed by atoms with Crippen LogP contribution in [0.2, 0.25) is 0 Å². The monoisotopic (exact) mass is 248 g/mol. The average Bonchev–Trinajstić information content (AvgIpc) is 2.41. The number of aromatic nitrogens is 2. The van der Waals surface area contributed by atoms with Crippen molar-refractivity contribution in [3.8, 4) is 0 Å². The van der Waals surface area contributed by atoms with Gasteiger partial charge in [-0.15, -0.1) is 0 Å². The first-order valence-corrected chi connectivity index (χ1v) is 6.97. The molecule has 0 amide bonds. The molecule has 0 aromatic carbocycles. The van der Waals surface area contributed by atoms with Crippen LogP contribution in [0.5, 0.6) is 0 Å². The Morgan fingerprint density at radius 2 is 2.17 bits per heavy atom. The number of hydrogen-bond acceptors (Lipinski definition) is 4. The molecule has 2 atom stereocenters. The van der Waals surface area contributed by atoms with E-state index < -0.39 is 0 Å². The van der Waals surface area contributed by atoms with E-state index in [1.807, 2.05) is 7.05 Å². The number of nitrogens with zero attached hydrogens (tertiary/aromatic N) is 3. The lowest BCUT2D eigenvalue weighted by atomic mass is 9.91. The molecule has 100 valence electrons. The maximum Gasteiger partial charge on any atom is 0.137 e. The van der Waals surface area contributed by atoms with Crippen molar-refractivity contribution in [2.24, 2.45) is 5.92 Å². The van der Waals surface area contributed by atoms with E-state index in [9.17, 15) is 0 Å². The van der Waals surface area contributed by atoms with Crippen molar-refractivity contribution >= 4 is 11.6 Å². The Labute approximate surface area is 110 Å². The number of nitrogens with one attached hydrogen (secondary N) is 1. The minimum absolute atomic E-state index is 0.559. The lowest BCUT2D eigenvalue weighted by Gasteiger charge is -2.39. The van der Waals surface area contributed by atoms with Crippen LogP contribution in [0.4, 0.5) is 11.6 Å². The average molecular weight is 248 g/mol. The van der Waals surface area contributed by atoms with Crippen molar-refractivity contribution in [3.63, 3.8) is 0 Å². The van der Waals surface area contributed by atoms with Gasteiger partial charge < -0.3 is 10.2 Å². The summed E-state index contributed by atoms with van der Waals surface area (Å²) < 4.78 is 0. The highest BCUT2D eigenvalue weighted by Crippen LogP contribution is 2.31. The highest BCUT2D eigenvalue weighted by Gasteiger charge is 2.27. The highest BCUT2D eigenvalue weighted by atomic mass is 15.2. The Hall–Kier alpha value is -1.32. The molecule has 2 unspecified atom stereocenters. The minimum Gasteiger partial charge on any atom is -0.373 e. The predicted molar refractivity (Wildman–Crippen MR) is 76.2 cm³/mol. The highest BCUT2D eigenvalue weighted by molar-refractivity contribution is 5.59. The van der Waals surface area contributed by atoms with Gasteiger partial charge in [0.15, 0.2) is 0 Å². The molecular weight excluding hydrogens is 224 g/mol. The van der Waals surface area contributed by atoms with E-state index in [1.54, 1.807) is 6.33 Å². The van der Waals surface area contributed by atoms with Crippen molar-refractivity contribution in [1.29, 1.82) is 0 Å². The Balaban J connectivity index is 2.37. The first kappa shape index (κ1) is 13.1. The van der Waals surface area contributed by atoms with Crippen molar-refractivity contribution < 1.29 is 0 Å². The topological polar surface area (TPSA) is 41.1 Å². The van der Waals surface area contributed by atoms with Crippen LogP contribution in [0.1, 0.15) is 39.2 Å². The Bertz CT molecular complexity index is 405. The van der Waals surface area contributed by atoms with Crippen molar-refractivity contribution in [2.75, 3.05) is 23.8 Å². The SMILES string of the molecule is CCc1c(NC)ncnc1N1CCCC(C)C1C. The van der Waals surface area contributed by atoms with Gasteiger partial charge in [0.05, 0.1) is 0 Å². The summed E-state index contributed by atoms with van der Waals surface area (Å²) in [4.78, 5) is 11.3. The summed E-state index contributed by atoms with van der Waals surface area (Å²) >= 11 is 0. The number of piperidine rings is 1. The van der Waals surface area contributed by atoms with Gasteiger partial charge in [-0.25, -0.2) is 9.97 Å². The fourth-order valence-electron chi connectivity index (χ4n) is 2.83.